The second-order valence-corrected chi connectivity index (χ2v) is 10.9. The van der Waals surface area contributed by atoms with Crippen LogP contribution in [0.3, 0.4) is 0 Å². The highest BCUT2D eigenvalue weighted by Crippen LogP contribution is 2.38. The molecule has 2 aromatic rings. The number of carbonyl (C=O) groups is 1. The Bertz CT molecular complexity index is 1060. The Balaban J connectivity index is 1.83. The predicted octanol–water partition coefficient (Wildman–Crippen LogP) is 3.94. The second-order valence-electron chi connectivity index (χ2n) is 9.01. The van der Waals surface area contributed by atoms with E-state index in [0.717, 1.165) is 11.8 Å². The fraction of sp³-hybridized carbons (Fsp3) is 0.435. The average molecular weight is 447 g/mol. The minimum absolute atomic E-state index is 0.0527. The van der Waals surface area contributed by atoms with Crippen LogP contribution in [-0.2, 0) is 20.2 Å². The number of nitrogens with one attached hydrogen (secondary N) is 1. The molecule has 1 atom stereocenters. The number of rotatable bonds is 5. The van der Waals surface area contributed by atoms with Gasteiger partial charge >= 0.3 is 0 Å². The number of amides is 1. The molecule has 7 nitrogen and oxygen atoms in total. The summed E-state index contributed by atoms with van der Waals surface area (Å²) in [5, 5.41) is 2.79. The number of hydrogen-bond donors (Lipinski definition) is 1. The molecule has 3 rings (SSSR count). The Morgan fingerprint density at radius 1 is 1.16 bits per heavy atom. The minimum atomic E-state index is -3.60. The molecule has 0 bridgehead atoms. The molecular formula is C23H30N2O5S. The SMILES string of the molecule is CC(C)Oc1ccc(NC(=O)[C@@H]2CN(S(C)(=O)=O)c3cc(C(C)(C)C)ccc3O2)cc1. The van der Waals surface area contributed by atoms with Gasteiger partial charge in [-0.05, 0) is 61.2 Å². The van der Waals surface area contributed by atoms with Gasteiger partial charge in [0.2, 0.25) is 10.0 Å². The van der Waals surface area contributed by atoms with E-state index in [0.29, 0.717) is 22.9 Å². The van der Waals surface area contributed by atoms with Crippen LogP contribution >= 0.6 is 0 Å². The number of ether oxygens (including phenoxy) is 2. The molecule has 0 fully saturated rings. The van der Waals surface area contributed by atoms with Crippen LogP contribution in [0.25, 0.3) is 0 Å². The molecular weight excluding hydrogens is 416 g/mol. The molecule has 1 aliphatic heterocycles. The summed E-state index contributed by atoms with van der Waals surface area (Å²) in [5.74, 6) is 0.649. The molecule has 1 aliphatic rings. The monoisotopic (exact) mass is 446 g/mol. The molecule has 0 spiro atoms. The van der Waals surface area contributed by atoms with Crippen molar-refractivity contribution >= 4 is 27.3 Å². The van der Waals surface area contributed by atoms with Crippen molar-refractivity contribution in [2.24, 2.45) is 0 Å². The minimum Gasteiger partial charge on any atom is -0.491 e. The maximum absolute atomic E-state index is 12.8. The highest BCUT2D eigenvalue weighted by Gasteiger charge is 2.36. The van der Waals surface area contributed by atoms with E-state index in [1.54, 1.807) is 30.3 Å². The molecule has 31 heavy (non-hydrogen) atoms. The number of benzene rings is 2. The first-order chi connectivity index (χ1) is 14.3. The Morgan fingerprint density at radius 2 is 1.81 bits per heavy atom. The maximum atomic E-state index is 12.8. The van der Waals surface area contributed by atoms with Gasteiger partial charge in [0, 0.05) is 5.69 Å². The summed E-state index contributed by atoms with van der Waals surface area (Å²) in [6.07, 6.45) is 0.208. The van der Waals surface area contributed by atoms with Crippen LogP contribution in [0.1, 0.15) is 40.2 Å². The van der Waals surface area contributed by atoms with E-state index in [4.69, 9.17) is 9.47 Å². The molecule has 0 radical (unpaired) electrons. The first kappa shape index (κ1) is 22.9. The van der Waals surface area contributed by atoms with Gasteiger partial charge in [-0.25, -0.2) is 8.42 Å². The van der Waals surface area contributed by atoms with Crippen LogP contribution in [-0.4, -0.2) is 39.3 Å². The van der Waals surface area contributed by atoms with Gasteiger partial charge in [0.1, 0.15) is 11.5 Å². The Hall–Kier alpha value is -2.74. The van der Waals surface area contributed by atoms with Crippen molar-refractivity contribution in [1.29, 1.82) is 0 Å². The third-order valence-corrected chi connectivity index (χ3v) is 6.03. The Labute approximate surface area is 184 Å². The van der Waals surface area contributed by atoms with E-state index in [-0.39, 0.29) is 18.1 Å². The quantitative estimate of drug-likeness (QED) is 0.752. The van der Waals surface area contributed by atoms with Crippen molar-refractivity contribution in [3.05, 3.63) is 48.0 Å². The number of nitrogens with zero attached hydrogens (tertiary/aromatic N) is 1. The van der Waals surface area contributed by atoms with Crippen molar-refractivity contribution in [2.75, 3.05) is 22.4 Å². The van der Waals surface area contributed by atoms with Crippen molar-refractivity contribution in [3.63, 3.8) is 0 Å². The van der Waals surface area contributed by atoms with Gasteiger partial charge in [0.05, 0.1) is 24.6 Å². The topological polar surface area (TPSA) is 84.9 Å². The van der Waals surface area contributed by atoms with E-state index >= 15 is 0 Å². The smallest absolute Gasteiger partial charge is 0.267 e. The van der Waals surface area contributed by atoms with Crippen LogP contribution in [0.2, 0.25) is 0 Å². The average Bonchev–Trinajstić information content (AvgIpc) is 2.66. The fourth-order valence-electron chi connectivity index (χ4n) is 3.28. The lowest BCUT2D eigenvalue weighted by molar-refractivity contribution is -0.122. The molecule has 0 unspecified atom stereocenters. The number of sulfonamides is 1. The highest BCUT2D eigenvalue weighted by atomic mass is 32.2. The molecule has 1 amide bonds. The fourth-order valence-corrected chi connectivity index (χ4v) is 4.19. The van der Waals surface area contributed by atoms with E-state index in [1.165, 1.54) is 4.31 Å². The number of fused-ring (bicyclic) bond motifs is 1. The van der Waals surface area contributed by atoms with Crippen LogP contribution in [0.15, 0.2) is 42.5 Å². The standard InChI is InChI=1S/C23H30N2O5S/c1-15(2)29-18-10-8-17(9-11-18)24-22(26)21-14-25(31(6,27)28)19-13-16(23(3,4)5)7-12-20(19)30-21/h7-13,15,21H,14H2,1-6H3,(H,24,26)/t21-/m0/s1. The van der Waals surface area contributed by atoms with Crippen molar-refractivity contribution in [1.82, 2.24) is 0 Å². The van der Waals surface area contributed by atoms with Crippen LogP contribution in [0.5, 0.6) is 11.5 Å². The van der Waals surface area contributed by atoms with Crippen molar-refractivity contribution < 1.29 is 22.7 Å². The zero-order chi connectivity index (χ0) is 23.0. The van der Waals surface area contributed by atoms with E-state index in [9.17, 15) is 13.2 Å². The molecule has 0 saturated carbocycles. The van der Waals surface area contributed by atoms with Gasteiger partial charge in [0.25, 0.3) is 5.91 Å². The lowest BCUT2D eigenvalue weighted by Gasteiger charge is -2.35. The summed E-state index contributed by atoms with van der Waals surface area (Å²) in [4.78, 5) is 12.8. The molecule has 168 valence electrons. The van der Waals surface area contributed by atoms with Crippen LogP contribution in [0, 0.1) is 0 Å². The summed E-state index contributed by atoms with van der Waals surface area (Å²) in [6, 6.07) is 12.4. The first-order valence-corrected chi connectivity index (χ1v) is 12.1. The molecule has 8 heteroatoms. The molecule has 2 aromatic carbocycles. The van der Waals surface area contributed by atoms with Gasteiger partial charge in [-0.2, -0.15) is 0 Å². The van der Waals surface area contributed by atoms with Gasteiger partial charge < -0.3 is 14.8 Å². The third-order valence-electron chi connectivity index (χ3n) is 4.88. The van der Waals surface area contributed by atoms with E-state index < -0.39 is 22.0 Å². The Kier molecular flexibility index (Phi) is 6.23. The predicted molar refractivity (Wildman–Crippen MR) is 123 cm³/mol. The third kappa shape index (κ3) is 5.50. The largest absolute Gasteiger partial charge is 0.491 e. The van der Waals surface area contributed by atoms with Gasteiger partial charge in [0.15, 0.2) is 6.10 Å². The number of hydrogen-bond acceptors (Lipinski definition) is 5. The molecule has 0 aliphatic carbocycles. The summed E-state index contributed by atoms with van der Waals surface area (Å²) < 4.78 is 37.7. The van der Waals surface area contributed by atoms with Crippen molar-refractivity contribution in [2.45, 2.75) is 52.2 Å². The van der Waals surface area contributed by atoms with Gasteiger partial charge in [-0.15, -0.1) is 0 Å². The van der Waals surface area contributed by atoms with Crippen LogP contribution in [0.4, 0.5) is 11.4 Å². The zero-order valence-corrected chi connectivity index (χ0v) is 19.6. The summed E-state index contributed by atoms with van der Waals surface area (Å²) >= 11 is 0. The molecule has 0 saturated heterocycles. The highest BCUT2D eigenvalue weighted by molar-refractivity contribution is 7.92. The zero-order valence-electron chi connectivity index (χ0n) is 18.8. The summed E-state index contributed by atoms with van der Waals surface area (Å²) in [6.45, 7) is 9.93. The lowest BCUT2D eigenvalue weighted by atomic mass is 9.86. The second kappa shape index (κ2) is 8.42. The van der Waals surface area contributed by atoms with Crippen LogP contribution < -0.4 is 19.1 Å². The lowest BCUT2D eigenvalue weighted by Crippen LogP contribution is -2.48. The Morgan fingerprint density at radius 3 is 2.35 bits per heavy atom. The molecule has 1 N–H and O–H groups in total. The van der Waals surface area contributed by atoms with E-state index in [2.05, 4.69) is 26.1 Å². The number of carbonyl (C=O) groups excluding carboxylic acids is 1. The molecule has 1 heterocycles. The summed E-state index contributed by atoms with van der Waals surface area (Å²) in [5.41, 5.74) is 1.85. The molecule has 0 aromatic heterocycles. The number of anilines is 2. The maximum Gasteiger partial charge on any atom is 0.267 e. The first-order valence-electron chi connectivity index (χ1n) is 10.2. The normalized spacial score (nSPS) is 16.5. The van der Waals surface area contributed by atoms with Crippen molar-refractivity contribution in [3.8, 4) is 11.5 Å². The van der Waals surface area contributed by atoms with Gasteiger partial charge in [-0.1, -0.05) is 26.8 Å². The van der Waals surface area contributed by atoms with Gasteiger partial charge in [-0.3, -0.25) is 9.10 Å². The summed E-state index contributed by atoms with van der Waals surface area (Å²) in [7, 11) is -3.60. The van der Waals surface area contributed by atoms with E-state index in [1.807, 2.05) is 26.0 Å².